The van der Waals surface area contributed by atoms with Crippen LogP contribution in [0.2, 0.25) is 0 Å². The first kappa shape index (κ1) is 21.6. The monoisotopic (exact) mass is 444 g/mol. The molecule has 2 aromatic carbocycles. The van der Waals surface area contributed by atoms with Gasteiger partial charge in [0.15, 0.2) is 0 Å². The Bertz CT molecular complexity index is 1160. The van der Waals surface area contributed by atoms with Gasteiger partial charge in [0, 0.05) is 12.0 Å². The predicted molar refractivity (Wildman–Crippen MR) is 114 cm³/mol. The molecule has 0 aliphatic rings. The summed E-state index contributed by atoms with van der Waals surface area (Å²) in [5.74, 6) is -0.803. The van der Waals surface area contributed by atoms with Crippen molar-refractivity contribution in [3.8, 4) is 10.6 Å². The lowest BCUT2D eigenvalue weighted by molar-refractivity contribution is -0.121. The average Bonchev–Trinajstić information content (AvgIpc) is 3.12. The van der Waals surface area contributed by atoms with Gasteiger partial charge in [0.2, 0.25) is 15.9 Å². The SMILES string of the molecule is Cc1nc(-c2ccccc2)sc1C(=O)NNC(=O)CCc1ccc(S(N)(=O)=O)cc1. The number of thiazole rings is 1. The van der Waals surface area contributed by atoms with Gasteiger partial charge in [0.1, 0.15) is 9.88 Å². The van der Waals surface area contributed by atoms with Gasteiger partial charge in [-0.3, -0.25) is 20.4 Å². The molecule has 4 N–H and O–H groups in total. The molecule has 10 heteroatoms. The lowest BCUT2D eigenvalue weighted by atomic mass is 10.1. The smallest absolute Gasteiger partial charge is 0.273 e. The summed E-state index contributed by atoms with van der Waals surface area (Å²) < 4.78 is 22.5. The van der Waals surface area contributed by atoms with Crippen molar-refractivity contribution in [3.05, 3.63) is 70.7 Å². The topological polar surface area (TPSA) is 131 Å². The van der Waals surface area contributed by atoms with Crippen LogP contribution in [0.3, 0.4) is 0 Å². The van der Waals surface area contributed by atoms with Crippen LogP contribution in [-0.4, -0.2) is 25.2 Å². The molecule has 30 heavy (non-hydrogen) atoms. The highest BCUT2D eigenvalue weighted by Crippen LogP contribution is 2.27. The van der Waals surface area contributed by atoms with Crippen LogP contribution in [0.25, 0.3) is 10.6 Å². The van der Waals surface area contributed by atoms with Crippen LogP contribution in [0, 0.1) is 6.92 Å². The minimum absolute atomic E-state index is 0.0118. The molecule has 0 atom stereocenters. The van der Waals surface area contributed by atoms with Crippen LogP contribution < -0.4 is 16.0 Å². The van der Waals surface area contributed by atoms with Crippen LogP contribution >= 0.6 is 11.3 Å². The second kappa shape index (κ2) is 9.16. The summed E-state index contributed by atoms with van der Waals surface area (Å²) in [6, 6.07) is 15.5. The fraction of sp³-hybridized carbons (Fsp3) is 0.150. The molecular weight excluding hydrogens is 424 g/mol. The number of amides is 2. The second-order valence-electron chi connectivity index (χ2n) is 6.49. The number of primary sulfonamides is 1. The zero-order valence-electron chi connectivity index (χ0n) is 16.1. The van der Waals surface area contributed by atoms with Gasteiger partial charge in [-0.1, -0.05) is 42.5 Å². The van der Waals surface area contributed by atoms with E-state index in [4.69, 9.17) is 5.14 Å². The van der Waals surface area contributed by atoms with Crippen molar-refractivity contribution in [2.24, 2.45) is 5.14 Å². The molecule has 0 saturated carbocycles. The lowest BCUT2D eigenvalue weighted by Crippen LogP contribution is -2.41. The average molecular weight is 445 g/mol. The highest BCUT2D eigenvalue weighted by molar-refractivity contribution is 7.89. The number of nitrogens with two attached hydrogens (primary N) is 1. The Labute approximate surface area is 178 Å². The summed E-state index contributed by atoms with van der Waals surface area (Å²) >= 11 is 1.25. The van der Waals surface area contributed by atoms with Crippen LogP contribution in [0.5, 0.6) is 0 Å². The highest BCUT2D eigenvalue weighted by Gasteiger charge is 2.17. The van der Waals surface area contributed by atoms with Crippen molar-refractivity contribution in [2.45, 2.75) is 24.7 Å². The summed E-state index contributed by atoms with van der Waals surface area (Å²) in [4.78, 5) is 29.3. The molecule has 0 spiro atoms. The number of hydrazine groups is 1. The number of aromatic nitrogens is 1. The molecule has 2 amide bonds. The lowest BCUT2D eigenvalue weighted by Gasteiger charge is -2.07. The van der Waals surface area contributed by atoms with Crippen molar-refractivity contribution in [2.75, 3.05) is 0 Å². The molecule has 0 unspecified atom stereocenters. The molecule has 156 valence electrons. The molecule has 0 aliphatic carbocycles. The number of carbonyl (C=O) groups is 2. The van der Waals surface area contributed by atoms with E-state index in [1.807, 2.05) is 30.3 Å². The molecule has 0 bridgehead atoms. The van der Waals surface area contributed by atoms with E-state index in [0.717, 1.165) is 16.1 Å². The number of aryl methyl sites for hydroxylation is 2. The standard InChI is InChI=1S/C20H20N4O4S2/c1-13-18(29-20(22-13)15-5-3-2-4-6-15)19(26)24-23-17(25)12-9-14-7-10-16(11-8-14)30(21,27)28/h2-8,10-11H,9,12H2,1H3,(H,23,25)(H,24,26)(H2,21,27,28). The van der Waals surface area contributed by atoms with E-state index < -0.39 is 15.9 Å². The quantitative estimate of drug-likeness (QED) is 0.502. The largest absolute Gasteiger partial charge is 0.281 e. The van der Waals surface area contributed by atoms with E-state index in [2.05, 4.69) is 15.8 Å². The number of hydrogen-bond acceptors (Lipinski definition) is 6. The summed E-state index contributed by atoms with van der Waals surface area (Å²) in [7, 11) is -3.75. The minimum Gasteiger partial charge on any atom is -0.273 e. The Hall–Kier alpha value is -3.08. The molecule has 3 rings (SSSR count). The van der Waals surface area contributed by atoms with Gasteiger partial charge >= 0.3 is 0 Å². The number of carbonyl (C=O) groups excluding carboxylic acids is 2. The van der Waals surface area contributed by atoms with Gasteiger partial charge < -0.3 is 0 Å². The maximum Gasteiger partial charge on any atom is 0.281 e. The van der Waals surface area contributed by atoms with E-state index in [9.17, 15) is 18.0 Å². The molecule has 1 aromatic heterocycles. The Morgan fingerprint density at radius 1 is 1.03 bits per heavy atom. The van der Waals surface area contributed by atoms with E-state index in [1.165, 1.54) is 23.5 Å². The highest BCUT2D eigenvalue weighted by atomic mass is 32.2. The van der Waals surface area contributed by atoms with Gasteiger partial charge in [-0.05, 0) is 31.0 Å². The summed E-state index contributed by atoms with van der Waals surface area (Å²) in [5.41, 5.74) is 7.07. The third-order valence-corrected chi connectivity index (χ3v) is 6.37. The maximum atomic E-state index is 12.4. The number of hydrogen-bond donors (Lipinski definition) is 3. The zero-order valence-corrected chi connectivity index (χ0v) is 17.7. The molecule has 0 aliphatic heterocycles. The molecule has 0 fully saturated rings. The first-order valence-corrected chi connectivity index (χ1v) is 11.3. The fourth-order valence-electron chi connectivity index (χ4n) is 2.66. The molecule has 0 radical (unpaired) electrons. The Morgan fingerprint density at radius 3 is 2.33 bits per heavy atom. The van der Waals surface area contributed by atoms with E-state index in [-0.39, 0.29) is 17.2 Å². The number of sulfonamides is 1. The first-order valence-electron chi connectivity index (χ1n) is 8.98. The van der Waals surface area contributed by atoms with Crippen molar-refractivity contribution in [3.63, 3.8) is 0 Å². The van der Waals surface area contributed by atoms with Gasteiger partial charge in [-0.25, -0.2) is 18.5 Å². The summed E-state index contributed by atoms with van der Waals surface area (Å²) in [6.45, 7) is 1.74. The van der Waals surface area contributed by atoms with E-state index in [0.29, 0.717) is 17.0 Å². The van der Waals surface area contributed by atoms with Gasteiger partial charge in [0.25, 0.3) is 5.91 Å². The van der Waals surface area contributed by atoms with Crippen molar-refractivity contribution >= 4 is 33.2 Å². The van der Waals surface area contributed by atoms with Crippen molar-refractivity contribution < 1.29 is 18.0 Å². The third-order valence-electron chi connectivity index (χ3n) is 4.23. The zero-order chi connectivity index (χ0) is 21.7. The Kier molecular flexibility index (Phi) is 6.60. The summed E-state index contributed by atoms with van der Waals surface area (Å²) in [6.07, 6.45) is 0.496. The Morgan fingerprint density at radius 2 is 1.70 bits per heavy atom. The number of nitrogens with zero attached hydrogens (tertiary/aromatic N) is 1. The second-order valence-corrected chi connectivity index (χ2v) is 9.05. The summed E-state index contributed by atoms with van der Waals surface area (Å²) in [5, 5.41) is 5.78. The fourth-order valence-corrected chi connectivity index (χ4v) is 4.14. The molecule has 0 saturated heterocycles. The van der Waals surface area contributed by atoms with Crippen LogP contribution in [0.4, 0.5) is 0 Å². The Balaban J connectivity index is 1.52. The molecule has 8 nitrogen and oxygen atoms in total. The van der Waals surface area contributed by atoms with E-state index in [1.54, 1.807) is 19.1 Å². The predicted octanol–water partition coefficient (Wildman–Crippen LogP) is 2.16. The van der Waals surface area contributed by atoms with Crippen LogP contribution in [0.1, 0.15) is 27.3 Å². The van der Waals surface area contributed by atoms with Crippen molar-refractivity contribution in [1.29, 1.82) is 0 Å². The normalized spacial score (nSPS) is 11.1. The maximum absolute atomic E-state index is 12.4. The third kappa shape index (κ3) is 5.50. The van der Waals surface area contributed by atoms with Crippen molar-refractivity contribution in [1.82, 2.24) is 15.8 Å². The van der Waals surface area contributed by atoms with Gasteiger partial charge in [-0.2, -0.15) is 0 Å². The molecule has 3 aromatic rings. The number of rotatable bonds is 6. The van der Waals surface area contributed by atoms with Gasteiger partial charge in [-0.15, -0.1) is 11.3 Å². The number of nitrogens with one attached hydrogen (secondary N) is 2. The number of benzene rings is 2. The minimum atomic E-state index is -3.75. The van der Waals surface area contributed by atoms with Crippen LogP contribution in [-0.2, 0) is 21.2 Å². The van der Waals surface area contributed by atoms with Gasteiger partial charge in [0.05, 0.1) is 10.6 Å². The molecular formula is C20H20N4O4S2. The van der Waals surface area contributed by atoms with Crippen LogP contribution in [0.15, 0.2) is 59.5 Å². The van der Waals surface area contributed by atoms with E-state index >= 15 is 0 Å². The first-order chi connectivity index (χ1) is 14.2. The molecule has 1 heterocycles.